The number of benzene rings is 3. The van der Waals surface area contributed by atoms with E-state index in [1.165, 1.54) is 6.21 Å². The number of hydrogen-bond acceptors (Lipinski definition) is 3. The molecule has 0 fully saturated rings. The molecule has 0 aromatic heterocycles. The van der Waals surface area contributed by atoms with Gasteiger partial charge in [-0.2, -0.15) is 5.10 Å². The van der Waals surface area contributed by atoms with Crippen LogP contribution in [-0.4, -0.2) is 18.7 Å². The van der Waals surface area contributed by atoms with Crippen molar-refractivity contribution in [3.8, 4) is 5.75 Å². The molecule has 0 aliphatic rings. The first kappa shape index (κ1) is 19.3. The van der Waals surface area contributed by atoms with Gasteiger partial charge in [0.05, 0.1) is 4.47 Å². The summed E-state index contributed by atoms with van der Waals surface area (Å²) >= 11 is 7.00. The second-order valence-corrected chi connectivity index (χ2v) is 7.32. The third-order valence-electron chi connectivity index (χ3n) is 3.68. The lowest BCUT2D eigenvalue weighted by molar-refractivity contribution is -0.123. The summed E-state index contributed by atoms with van der Waals surface area (Å²) in [5, 5.41) is 5.96. The molecule has 1 N–H and O–H groups in total. The maximum absolute atomic E-state index is 11.9. The maximum Gasteiger partial charge on any atom is 0.277 e. The van der Waals surface area contributed by atoms with E-state index in [-0.39, 0.29) is 12.5 Å². The Morgan fingerprint density at radius 3 is 2.70 bits per heavy atom. The molecule has 1 amide bonds. The number of nitrogens with one attached hydrogen (secondary N) is 1. The molecule has 0 atom stereocenters. The molecule has 0 unspecified atom stereocenters. The summed E-state index contributed by atoms with van der Waals surface area (Å²) in [5.74, 6) is 0.273. The lowest BCUT2D eigenvalue weighted by Crippen LogP contribution is -2.24. The number of halogens is 2. The summed E-state index contributed by atoms with van der Waals surface area (Å²) in [6, 6.07) is 19.6. The van der Waals surface area contributed by atoms with Gasteiger partial charge in [-0.25, -0.2) is 5.43 Å². The van der Waals surface area contributed by atoms with Gasteiger partial charge >= 0.3 is 0 Å². The van der Waals surface area contributed by atoms with Crippen LogP contribution in [0, 0.1) is 0 Å². The Bertz CT molecular complexity index is 1000. The second kappa shape index (κ2) is 9.48. The lowest BCUT2D eigenvalue weighted by atomic mass is 10.1. The summed E-state index contributed by atoms with van der Waals surface area (Å²) in [6.07, 6.45) is 5.18. The molecule has 3 aromatic carbocycles. The van der Waals surface area contributed by atoms with Gasteiger partial charge in [0.2, 0.25) is 0 Å². The Balaban J connectivity index is 1.52. The summed E-state index contributed by atoms with van der Waals surface area (Å²) < 4.78 is 7.42. The standard InChI is InChI=1S/C21H16Br2N2O2/c22-17-9-10-18-16(13-17)8-11-19(21(18)23)27-14-20(26)25-24-12-4-7-15-5-2-1-3-6-15/h1-13H,14H2,(H,25,26)/b7-4+,24-12+. The predicted octanol–water partition coefficient (Wildman–Crippen LogP) is 5.56. The van der Waals surface area contributed by atoms with Gasteiger partial charge in [-0.05, 0) is 56.5 Å². The highest BCUT2D eigenvalue weighted by molar-refractivity contribution is 9.11. The molecule has 3 rings (SSSR count). The van der Waals surface area contributed by atoms with Crippen molar-refractivity contribution in [2.75, 3.05) is 6.61 Å². The zero-order valence-corrected chi connectivity index (χ0v) is 17.4. The van der Waals surface area contributed by atoms with E-state index in [2.05, 4.69) is 42.4 Å². The van der Waals surface area contributed by atoms with E-state index in [0.29, 0.717) is 5.75 Å². The van der Waals surface area contributed by atoms with Crippen LogP contribution in [0.25, 0.3) is 16.8 Å². The molecule has 0 saturated heterocycles. The van der Waals surface area contributed by atoms with Gasteiger partial charge in [0.25, 0.3) is 5.91 Å². The van der Waals surface area contributed by atoms with Gasteiger partial charge in [0.15, 0.2) is 6.61 Å². The number of carbonyl (C=O) groups excluding carboxylic acids is 1. The highest BCUT2D eigenvalue weighted by Gasteiger charge is 2.08. The molecule has 0 heterocycles. The van der Waals surface area contributed by atoms with Crippen molar-refractivity contribution in [3.63, 3.8) is 0 Å². The van der Waals surface area contributed by atoms with E-state index >= 15 is 0 Å². The van der Waals surface area contributed by atoms with Gasteiger partial charge in [-0.3, -0.25) is 4.79 Å². The molecular weight excluding hydrogens is 472 g/mol. The number of allylic oxidation sites excluding steroid dienone is 1. The molecule has 0 aliphatic heterocycles. The van der Waals surface area contributed by atoms with Crippen LogP contribution >= 0.6 is 31.9 Å². The fraction of sp³-hybridized carbons (Fsp3) is 0.0476. The summed E-state index contributed by atoms with van der Waals surface area (Å²) in [6.45, 7) is -0.125. The van der Waals surface area contributed by atoms with Gasteiger partial charge < -0.3 is 4.74 Å². The van der Waals surface area contributed by atoms with E-state index < -0.39 is 0 Å². The average Bonchev–Trinajstić information content (AvgIpc) is 2.68. The number of ether oxygens (including phenoxy) is 1. The number of hydrogen-bond donors (Lipinski definition) is 1. The fourth-order valence-electron chi connectivity index (χ4n) is 2.40. The van der Waals surface area contributed by atoms with Crippen LogP contribution in [0.4, 0.5) is 0 Å². The minimum Gasteiger partial charge on any atom is -0.483 e. The number of carbonyl (C=O) groups is 1. The number of nitrogens with zero attached hydrogens (tertiary/aromatic N) is 1. The van der Waals surface area contributed by atoms with Crippen LogP contribution in [-0.2, 0) is 4.79 Å². The topological polar surface area (TPSA) is 50.7 Å². The molecule has 4 nitrogen and oxygen atoms in total. The van der Waals surface area contributed by atoms with Crippen molar-refractivity contribution in [2.45, 2.75) is 0 Å². The Hall–Kier alpha value is -2.44. The van der Waals surface area contributed by atoms with Gasteiger partial charge in [0.1, 0.15) is 5.75 Å². The van der Waals surface area contributed by atoms with E-state index in [1.54, 1.807) is 6.08 Å². The van der Waals surface area contributed by atoms with Gasteiger partial charge in [-0.15, -0.1) is 0 Å². The van der Waals surface area contributed by atoms with Gasteiger partial charge in [0, 0.05) is 10.7 Å². The molecule has 0 radical (unpaired) electrons. The van der Waals surface area contributed by atoms with Crippen LogP contribution < -0.4 is 10.2 Å². The van der Waals surface area contributed by atoms with E-state index in [0.717, 1.165) is 25.3 Å². The highest BCUT2D eigenvalue weighted by atomic mass is 79.9. The summed E-state index contributed by atoms with van der Waals surface area (Å²) in [4.78, 5) is 11.9. The average molecular weight is 488 g/mol. The van der Waals surface area contributed by atoms with E-state index in [1.807, 2.05) is 66.7 Å². The Kier molecular flexibility index (Phi) is 6.79. The van der Waals surface area contributed by atoms with Crippen molar-refractivity contribution < 1.29 is 9.53 Å². The quantitative estimate of drug-likeness (QED) is 0.365. The Morgan fingerprint density at radius 2 is 1.89 bits per heavy atom. The first-order valence-corrected chi connectivity index (χ1v) is 9.76. The summed E-state index contributed by atoms with van der Waals surface area (Å²) in [7, 11) is 0. The van der Waals surface area contributed by atoms with Gasteiger partial charge in [-0.1, -0.05) is 64.5 Å². The van der Waals surface area contributed by atoms with Crippen molar-refractivity contribution >= 4 is 60.8 Å². The van der Waals surface area contributed by atoms with Crippen LogP contribution in [0.1, 0.15) is 5.56 Å². The molecule has 0 spiro atoms. The van der Waals surface area contributed by atoms with Crippen molar-refractivity contribution in [1.82, 2.24) is 5.43 Å². The Labute approximate surface area is 174 Å². The van der Waals surface area contributed by atoms with Crippen LogP contribution in [0.2, 0.25) is 0 Å². The Morgan fingerprint density at radius 1 is 1.07 bits per heavy atom. The minimum absolute atomic E-state index is 0.125. The second-order valence-electron chi connectivity index (χ2n) is 5.61. The first-order chi connectivity index (χ1) is 13.1. The number of fused-ring (bicyclic) bond motifs is 1. The third-order valence-corrected chi connectivity index (χ3v) is 4.99. The number of amides is 1. The lowest BCUT2D eigenvalue weighted by Gasteiger charge is -2.10. The monoisotopic (exact) mass is 486 g/mol. The zero-order valence-electron chi connectivity index (χ0n) is 14.2. The van der Waals surface area contributed by atoms with Crippen LogP contribution in [0.3, 0.4) is 0 Å². The third kappa shape index (κ3) is 5.52. The maximum atomic E-state index is 11.9. The molecule has 0 aliphatic carbocycles. The van der Waals surface area contributed by atoms with E-state index in [4.69, 9.17) is 4.74 Å². The minimum atomic E-state index is -0.331. The molecule has 0 saturated carbocycles. The van der Waals surface area contributed by atoms with Crippen molar-refractivity contribution in [2.24, 2.45) is 5.10 Å². The largest absolute Gasteiger partial charge is 0.483 e. The summed E-state index contributed by atoms with van der Waals surface area (Å²) in [5.41, 5.74) is 3.50. The SMILES string of the molecule is O=C(COc1ccc2cc(Br)ccc2c1Br)N/N=C/C=C/c1ccccc1. The van der Waals surface area contributed by atoms with E-state index in [9.17, 15) is 4.79 Å². The van der Waals surface area contributed by atoms with Crippen molar-refractivity contribution in [1.29, 1.82) is 0 Å². The molecule has 6 heteroatoms. The fourth-order valence-corrected chi connectivity index (χ4v) is 3.39. The van der Waals surface area contributed by atoms with Crippen LogP contribution in [0.15, 0.2) is 80.8 Å². The van der Waals surface area contributed by atoms with Crippen LogP contribution in [0.5, 0.6) is 5.75 Å². The molecular formula is C21H16Br2N2O2. The number of rotatable bonds is 6. The smallest absolute Gasteiger partial charge is 0.277 e. The normalized spacial score (nSPS) is 11.3. The molecule has 136 valence electrons. The highest BCUT2D eigenvalue weighted by Crippen LogP contribution is 2.34. The first-order valence-electron chi connectivity index (χ1n) is 8.17. The molecule has 0 bridgehead atoms. The molecule has 3 aromatic rings. The predicted molar refractivity (Wildman–Crippen MR) is 117 cm³/mol. The molecule has 27 heavy (non-hydrogen) atoms. The van der Waals surface area contributed by atoms with Crippen molar-refractivity contribution in [3.05, 3.63) is 81.2 Å². The zero-order chi connectivity index (χ0) is 19.1. The number of hydrazone groups is 1.